The second kappa shape index (κ2) is 7.55. The van der Waals surface area contributed by atoms with Crippen molar-refractivity contribution >= 4 is 44.8 Å². The molecule has 3 heterocycles. The lowest BCUT2D eigenvalue weighted by molar-refractivity contribution is 0.0947. The molecule has 7 nitrogen and oxygen atoms in total. The Labute approximate surface area is 167 Å². The lowest BCUT2D eigenvalue weighted by atomic mass is 10.1. The topological polar surface area (TPSA) is 88.1 Å². The summed E-state index contributed by atoms with van der Waals surface area (Å²) in [4.78, 5) is 31.4. The number of carbonyl (C=O) groups excluding carboxylic acids is 1. The Morgan fingerprint density at radius 2 is 1.96 bits per heavy atom. The van der Waals surface area contributed by atoms with E-state index in [9.17, 15) is 9.59 Å². The third kappa shape index (κ3) is 4.30. The standard InChI is InChI=1S/C18H25N5O2S2/c1-10-12-15(19-11-8-6-5-7-9-23(11)16(12)25)27-13(10)14(24)21-22-17(26)20-18(2,3)4/h5-9H2,1-4H3,(H,21,24)(H2,20,22,26). The Balaban J connectivity index is 1.86. The fraction of sp³-hybridized carbons (Fsp3) is 0.556. The summed E-state index contributed by atoms with van der Waals surface area (Å²) in [7, 11) is 0. The van der Waals surface area contributed by atoms with Crippen molar-refractivity contribution in [3.63, 3.8) is 0 Å². The summed E-state index contributed by atoms with van der Waals surface area (Å²) in [5.74, 6) is 0.500. The van der Waals surface area contributed by atoms with E-state index in [0.29, 0.717) is 32.3 Å². The van der Waals surface area contributed by atoms with Crippen LogP contribution in [0.5, 0.6) is 0 Å². The van der Waals surface area contributed by atoms with E-state index in [1.165, 1.54) is 11.3 Å². The number of nitrogens with zero attached hydrogens (tertiary/aromatic N) is 2. The van der Waals surface area contributed by atoms with Gasteiger partial charge in [-0.25, -0.2) is 4.98 Å². The maximum absolute atomic E-state index is 13.0. The van der Waals surface area contributed by atoms with Crippen LogP contribution in [0.25, 0.3) is 10.2 Å². The Morgan fingerprint density at radius 1 is 1.22 bits per heavy atom. The first-order chi connectivity index (χ1) is 12.7. The number of amides is 1. The zero-order valence-electron chi connectivity index (χ0n) is 16.1. The molecule has 0 atom stereocenters. The van der Waals surface area contributed by atoms with Crippen LogP contribution in [0.1, 0.15) is 61.1 Å². The molecule has 9 heteroatoms. The van der Waals surface area contributed by atoms with Crippen LogP contribution in [-0.2, 0) is 13.0 Å². The van der Waals surface area contributed by atoms with E-state index in [4.69, 9.17) is 12.2 Å². The molecule has 1 amide bonds. The zero-order valence-corrected chi connectivity index (χ0v) is 17.7. The number of rotatable bonds is 1. The molecular weight excluding hydrogens is 382 g/mol. The van der Waals surface area contributed by atoms with Gasteiger partial charge in [-0.3, -0.25) is 25.0 Å². The molecule has 2 aromatic rings. The Hall–Kier alpha value is -2.00. The first kappa shape index (κ1) is 19.8. The van der Waals surface area contributed by atoms with E-state index in [2.05, 4.69) is 21.2 Å². The van der Waals surface area contributed by atoms with Gasteiger partial charge in [0.15, 0.2) is 5.11 Å². The quantitative estimate of drug-likeness (QED) is 0.497. The van der Waals surface area contributed by atoms with Crippen molar-refractivity contribution in [1.82, 2.24) is 25.7 Å². The average Bonchev–Trinajstić information content (AvgIpc) is 2.75. The van der Waals surface area contributed by atoms with Crippen LogP contribution in [0.15, 0.2) is 4.79 Å². The largest absolute Gasteiger partial charge is 0.357 e. The third-order valence-corrected chi connectivity index (χ3v) is 5.78. The van der Waals surface area contributed by atoms with E-state index in [-0.39, 0.29) is 17.0 Å². The van der Waals surface area contributed by atoms with Gasteiger partial charge >= 0.3 is 0 Å². The summed E-state index contributed by atoms with van der Waals surface area (Å²) in [6.07, 6.45) is 3.94. The molecule has 0 bridgehead atoms. The van der Waals surface area contributed by atoms with E-state index in [1.807, 2.05) is 20.8 Å². The fourth-order valence-corrected chi connectivity index (χ4v) is 4.61. The molecule has 1 aliphatic rings. The number of aromatic nitrogens is 2. The van der Waals surface area contributed by atoms with Gasteiger partial charge in [0.05, 0.1) is 10.3 Å². The maximum atomic E-state index is 13.0. The lowest BCUT2D eigenvalue weighted by Crippen LogP contribution is -2.52. The molecule has 27 heavy (non-hydrogen) atoms. The van der Waals surface area contributed by atoms with Gasteiger partial charge in [-0.1, -0.05) is 6.42 Å². The van der Waals surface area contributed by atoms with Gasteiger partial charge in [0, 0.05) is 18.5 Å². The molecule has 0 saturated carbocycles. The number of hydrazine groups is 1. The molecule has 146 valence electrons. The molecule has 2 aromatic heterocycles. The number of carbonyl (C=O) groups is 1. The summed E-state index contributed by atoms with van der Waals surface area (Å²) in [6.45, 7) is 8.42. The van der Waals surface area contributed by atoms with Crippen molar-refractivity contribution in [2.75, 3.05) is 0 Å². The van der Waals surface area contributed by atoms with Gasteiger partial charge in [0.25, 0.3) is 11.5 Å². The van der Waals surface area contributed by atoms with Crippen molar-refractivity contribution in [3.8, 4) is 0 Å². The van der Waals surface area contributed by atoms with E-state index >= 15 is 0 Å². The highest BCUT2D eigenvalue weighted by Crippen LogP contribution is 2.28. The second-order valence-electron chi connectivity index (χ2n) is 7.82. The minimum atomic E-state index is -0.326. The highest BCUT2D eigenvalue weighted by molar-refractivity contribution is 7.80. The smallest absolute Gasteiger partial charge is 0.280 e. The monoisotopic (exact) mass is 407 g/mol. The summed E-state index contributed by atoms with van der Waals surface area (Å²) in [6, 6.07) is 0. The lowest BCUT2D eigenvalue weighted by Gasteiger charge is -2.23. The van der Waals surface area contributed by atoms with Gasteiger partial charge in [-0.2, -0.15) is 0 Å². The van der Waals surface area contributed by atoms with Crippen LogP contribution in [0.4, 0.5) is 0 Å². The van der Waals surface area contributed by atoms with Crippen molar-refractivity contribution in [1.29, 1.82) is 0 Å². The predicted molar refractivity (Wildman–Crippen MR) is 112 cm³/mol. The minimum absolute atomic E-state index is 0.0393. The van der Waals surface area contributed by atoms with Crippen LogP contribution in [0.3, 0.4) is 0 Å². The SMILES string of the molecule is Cc1c(C(=O)NNC(=S)NC(C)(C)C)sc2nc3n(c(=O)c12)CCCCC3. The molecule has 0 saturated heterocycles. The minimum Gasteiger partial charge on any atom is -0.357 e. The Bertz CT molecular complexity index is 955. The van der Waals surface area contributed by atoms with Gasteiger partial charge < -0.3 is 5.32 Å². The van der Waals surface area contributed by atoms with Crippen molar-refractivity contribution in [2.45, 2.75) is 65.5 Å². The van der Waals surface area contributed by atoms with Gasteiger partial charge in [0.2, 0.25) is 0 Å². The van der Waals surface area contributed by atoms with Crippen molar-refractivity contribution < 1.29 is 4.79 Å². The van der Waals surface area contributed by atoms with Crippen LogP contribution < -0.4 is 21.7 Å². The highest BCUT2D eigenvalue weighted by Gasteiger charge is 2.22. The van der Waals surface area contributed by atoms with Gasteiger partial charge in [0.1, 0.15) is 10.7 Å². The third-order valence-electron chi connectivity index (χ3n) is 4.40. The Morgan fingerprint density at radius 3 is 2.67 bits per heavy atom. The molecule has 0 radical (unpaired) electrons. The molecule has 0 fully saturated rings. The summed E-state index contributed by atoms with van der Waals surface area (Å²) >= 11 is 6.43. The van der Waals surface area contributed by atoms with Gasteiger partial charge in [-0.05, 0) is 58.3 Å². The van der Waals surface area contributed by atoms with Crippen LogP contribution >= 0.6 is 23.6 Å². The average molecular weight is 408 g/mol. The van der Waals surface area contributed by atoms with Crippen LogP contribution in [-0.4, -0.2) is 26.1 Å². The first-order valence-corrected chi connectivity index (χ1v) is 10.3. The fourth-order valence-electron chi connectivity index (χ4n) is 3.17. The molecule has 0 aromatic carbocycles. The number of thiophene rings is 1. The first-order valence-electron chi connectivity index (χ1n) is 9.08. The summed E-state index contributed by atoms with van der Waals surface area (Å²) in [5, 5.41) is 3.94. The number of hydrogen-bond donors (Lipinski definition) is 3. The normalized spacial score (nSPS) is 14.4. The van der Waals surface area contributed by atoms with Crippen LogP contribution in [0.2, 0.25) is 0 Å². The number of fused-ring (bicyclic) bond motifs is 2. The van der Waals surface area contributed by atoms with E-state index in [1.54, 1.807) is 11.5 Å². The zero-order chi connectivity index (χ0) is 19.8. The highest BCUT2D eigenvalue weighted by atomic mass is 32.1. The Kier molecular flexibility index (Phi) is 5.53. The van der Waals surface area contributed by atoms with Crippen molar-refractivity contribution in [3.05, 3.63) is 26.6 Å². The molecule has 0 aliphatic carbocycles. The second-order valence-corrected chi connectivity index (χ2v) is 9.22. The number of thiocarbonyl (C=S) groups is 1. The number of hydrogen-bond acceptors (Lipinski definition) is 5. The predicted octanol–water partition coefficient (Wildman–Crippen LogP) is 2.40. The maximum Gasteiger partial charge on any atom is 0.280 e. The molecule has 0 spiro atoms. The van der Waals surface area contributed by atoms with E-state index in [0.717, 1.165) is 31.5 Å². The molecule has 0 unspecified atom stereocenters. The molecule has 3 rings (SSSR count). The number of aryl methyl sites for hydroxylation is 2. The summed E-state index contributed by atoms with van der Waals surface area (Å²) < 4.78 is 1.78. The van der Waals surface area contributed by atoms with Crippen molar-refractivity contribution in [2.24, 2.45) is 0 Å². The molecule has 3 N–H and O–H groups in total. The molecular formula is C18H25N5O2S2. The number of nitrogens with one attached hydrogen (secondary N) is 3. The van der Waals surface area contributed by atoms with Gasteiger partial charge in [-0.15, -0.1) is 11.3 Å². The molecule has 1 aliphatic heterocycles. The van der Waals surface area contributed by atoms with E-state index < -0.39 is 0 Å². The van der Waals surface area contributed by atoms with Crippen LogP contribution in [0, 0.1) is 6.92 Å². The summed E-state index contributed by atoms with van der Waals surface area (Å²) in [5.41, 5.74) is 5.73.